The average Bonchev–Trinajstić information content (AvgIpc) is 2.75. The van der Waals surface area contributed by atoms with E-state index in [-0.39, 0.29) is 18.2 Å². The summed E-state index contributed by atoms with van der Waals surface area (Å²) in [5.41, 5.74) is 1.86. The summed E-state index contributed by atoms with van der Waals surface area (Å²) in [6, 6.07) is 8.79. The fourth-order valence-corrected chi connectivity index (χ4v) is 3.42. The van der Waals surface area contributed by atoms with Gasteiger partial charge in [0.2, 0.25) is 11.8 Å². The Bertz CT molecular complexity index is 844. The molecule has 8 heteroatoms. The van der Waals surface area contributed by atoms with Gasteiger partial charge in [0.15, 0.2) is 11.5 Å². The molecule has 0 spiro atoms. The first kappa shape index (κ1) is 20.6. The van der Waals surface area contributed by atoms with Crippen LogP contribution in [0.3, 0.4) is 0 Å². The maximum absolute atomic E-state index is 12.5. The van der Waals surface area contributed by atoms with Crippen LogP contribution in [-0.4, -0.2) is 55.0 Å². The number of hydrogen-bond donors (Lipinski definition) is 2. The lowest BCUT2D eigenvalue weighted by molar-refractivity contribution is -0.134. The van der Waals surface area contributed by atoms with Crippen LogP contribution in [0.5, 0.6) is 11.5 Å². The standard InChI is InChI=1S/C21H26N4O4/c1-28-18-5-3-4-16(20(18)29-2)14-25-11-10-23-21(27)17(25)12-19(26)24-13-15-6-8-22-9-7-15/h3-9,17H,10-14H2,1-2H3,(H,23,27)(H,24,26)/t17-/m1/s1. The van der Waals surface area contributed by atoms with Crippen LogP contribution in [0.2, 0.25) is 0 Å². The predicted octanol–water partition coefficient (Wildman–Crippen LogP) is 1.11. The van der Waals surface area contributed by atoms with Crippen LogP contribution in [0.15, 0.2) is 42.7 Å². The summed E-state index contributed by atoms with van der Waals surface area (Å²) in [7, 11) is 3.18. The van der Waals surface area contributed by atoms with Gasteiger partial charge in [0.05, 0.1) is 26.7 Å². The summed E-state index contributed by atoms with van der Waals surface area (Å²) in [5.74, 6) is 0.962. The van der Waals surface area contributed by atoms with E-state index in [0.717, 1.165) is 11.1 Å². The van der Waals surface area contributed by atoms with Crippen LogP contribution in [0.4, 0.5) is 0 Å². The lowest BCUT2D eigenvalue weighted by Crippen LogP contribution is -2.56. The number of hydrogen-bond acceptors (Lipinski definition) is 6. The van der Waals surface area contributed by atoms with Crippen molar-refractivity contribution in [3.05, 3.63) is 53.9 Å². The molecule has 2 N–H and O–H groups in total. The number of carbonyl (C=O) groups is 2. The van der Waals surface area contributed by atoms with Crippen molar-refractivity contribution in [3.63, 3.8) is 0 Å². The Hall–Kier alpha value is -3.13. The Kier molecular flexibility index (Phi) is 7.02. The van der Waals surface area contributed by atoms with E-state index in [1.54, 1.807) is 26.6 Å². The van der Waals surface area contributed by atoms with Gasteiger partial charge >= 0.3 is 0 Å². The highest BCUT2D eigenvalue weighted by atomic mass is 16.5. The summed E-state index contributed by atoms with van der Waals surface area (Å²) < 4.78 is 10.9. The van der Waals surface area contributed by atoms with Crippen LogP contribution >= 0.6 is 0 Å². The molecule has 0 unspecified atom stereocenters. The van der Waals surface area contributed by atoms with Crippen molar-refractivity contribution < 1.29 is 19.1 Å². The van der Waals surface area contributed by atoms with E-state index in [4.69, 9.17) is 9.47 Å². The van der Waals surface area contributed by atoms with E-state index in [2.05, 4.69) is 15.6 Å². The van der Waals surface area contributed by atoms with E-state index in [1.165, 1.54) is 0 Å². The molecule has 8 nitrogen and oxygen atoms in total. The monoisotopic (exact) mass is 398 g/mol. The highest BCUT2D eigenvalue weighted by Crippen LogP contribution is 2.32. The minimum atomic E-state index is -0.544. The summed E-state index contributed by atoms with van der Waals surface area (Å²) in [6.07, 6.45) is 3.45. The molecule has 29 heavy (non-hydrogen) atoms. The quantitative estimate of drug-likeness (QED) is 0.692. The van der Waals surface area contributed by atoms with E-state index in [0.29, 0.717) is 37.7 Å². The zero-order valence-electron chi connectivity index (χ0n) is 16.7. The summed E-state index contributed by atoms with van der Waals surface area (Å²) >= 11 is 0. The van der Waals surface area contributed by atoms with E-state index in [9.17, 15) is 9.59 Å². The van der Waals surface area contributed by atoms with Crippen molar-refractivity contribution in [2.75, 3.05) is 27.3 Å². The van der Waals surface area contributed by atoms with Gasteiger partial charge in [-0.1, -0.05) is 12.1 Å². The molecule has 1 fully saturated rings. The van der Waals surface area contributed by atoms with Gasteiger partial charge in [0.1, 0.15) is 0 Å². The van der Waals surface area contributed by atoms with Crippen LogP contribution < -0.4 is 20.1 Å². The fourth-order valence-electron chi connectivity index (χ4n) is 3.42. The van der Waals surface area contributed by atoms with Crippen LogP contribution in [-0.2, 0) is 22.7 Å². The molecule has 2 aromatic rings. The number of para-hydroxylation sites is 1. The molecule has 3 rings (SSSR count). The minimum Gasteiger partial charge on any atom is -0.493 e. The number of rotatable bonds is 8. The number of piperazine rings is 1. The summed E-state index contributed by atoms with van der Waals surface area (Å²) in [5, 5.41) is 5.73. The van der Waals surface area contributed by atoms with Crippen LogP contribution in [0, 0.1) is 0 Å². The normalized spacial score (nSPS) is 16.8. The highest BCUT2D eigenvalue weighted by Gasteiger charge is 2.32. The van der Waals surface area contributed by atoms with Crippen LogP contribution in [0.1, 0.15) is 17.5 Å². The molecule has 1 atom stereocenters. The molecular formula is C21H26N4O4. The predicted molar refractivity (Wildman–Crippen MR) is 107 cm³/mol. The first-order valence-corrected chi connectivity index (χ1v) is 9.49. The van der Waals surface area contributed by atoms with Crippen molar-refractivity contribution in [2.24, 2.45) is 0 Å². The third kappa shape index (κ3) is 5.23. The molecule has 1 saturated heterocycles. The number of methoxy groups -OCH3 is 2. The number of nitrogens with one attached hydrogen (secondary N) is 2. The lowest BCUT2D eigenvalue weighted by Gasteiger charge is -2.35. The van der Waals surface area contributed by atoms with Gasteiger partial charge in [-0.05, 0) is 23.8 Å². The summed E-state index contributed by atoms with van der Waals surface area (Å²) in [6.45, 7) is 2.07. The molecule has 1 aromatic carbocycles. The molecule has 0 radical (unpaired) electrons. The second-order valence-electron chi connectivity index (χ2n) is 6.77. The largest absolute Gasteiger partial charge is 0.493 e. The molecule has 1 aliphatic heterocycles. The molecule has 154 valence electrons. The van der Waals surface area contributed by atoms with Gasteiger partial charge in [-0.2, -0.15) is 0 Å². The number of benzene rings is 1. The molecule has 0 bridgehead atoms. The SMILES string of the molecule is COc1cccc(CN2CCNC(=O)[C@H]2CC(=O)NCc2ccncc2)c1OC. The third-order valence-corrected chi connectivity index (χ3v) is 4.92. The second-order valence-corrected chi connectivity index (χ2v) is 6.77. The Labute approximate surface area is 170 Å². The number of ether oxygens (including phenoxy) is 2. The zero-order valence-corrected chi connectivity index (χ0v) is 16.7. The molecule has 0 saturated carbocycles. The van der Waals surface area contributed by atoms with Gasteiger partial charge in [0.25, 0.3) is 0 Å². The Morgan fingerprint density at radius 3 is 2.76 bits per heavy atom. The van der Waals surface area contributed by atoms with E-state index >= 15 is 0 Å². The Morgan fingerprint density at radius 1 is 1.24 bits per heavy atom. The Balaban J connectivity index is 1.68. The van der Waals surface area contributed by atoms with Crippen molar-refractivity contribution in [1.29, 1.82) is 0 Å². The molecule has 0 aliphatic carbocycles. The Morgan fingerprint density at radius 2 is 2.03 bits per heavy atom. The van der Waals surface area contributed by atoms with Crippen molar-refractivity contribution in [3.8, 4) is 11.5 Å². The zero-order chi connectivity index (χ0) is 20.6. The smallest absolute Gasteiger partial charge is 0.237 e. The number of aromatic nitrogens is 1. The minimum absolute atomic E-state index is 0.0865. The van der Waals surface area contributed by atoms with Gasteiger partial charge < -0.3 is 20.1 Å². The van der Waals surface area contributed by atoms with Crippen molar-refractivity contribution in [2.45, 2.75) is 25.6 Å². The second kappa shape index (κ2) is 9.88. The summed E-state index contributed by atoms with van der Waals surface area (Å²) in [4.78, 5) is 30.9. The molecule has 2 amide bonds. The van der Waals surface area contributed by atoms with Crippen LogP contribution in [0.25, 0.3) is 0 Å². The van der Waals surface area contributed by atoms with Gasteiger partial charge in [-0.3, -0.25) is 19.5 Å². The topological polar surface area (TPSA) is 92.8 Å². The third-order valence-electron chi connectivity index (χ3n) is 4.92. The van der Waals surface area contributed by atoms with Gasteiger partial charge in [-0.15, -0.1) is 0 Å². The molecule has 1 aliphatic rings. The van der Waals surface area contributed by atoms with Gasteiger partial charge in [-0.25, -0.2) is 0 Å². The first-order valence-electron chi connectivity index (χ1n) is 9.49. The number of nitrogens with zero attached hydrogens (tertiary/aromatic N) is 2. The first-order chi connectivity index (χ1) is 14.1. The molecular weight excluding hydrogens is 372 g/mol. The molecule has 2 heterocycles. The van der Waals surface area contributed by atoms with E-state index < -0.39 is 6.04 Å². The fraction of sp³-hybridized carbons (Fsp3) is 0.381. The molecule has 1 aromatic heterocycles. The average molecular weight is 398 g/mol. The van der Waals surface area contributed by atoms with E-state index in [1.807, 2.05) is 35.2 Å². The number of amides is 2. The van der Waals surface area contributed by atoms with Gasteiger partial charge in [0, 0.05) is 44.1 Å². The number of pyridine rings is 1. The highest BCUT2D eigenvalue weighted by molar-refractivity contribution is 5.88. The number of carbonyl (C=O) groups excluding carboxylic acids is 2. The lowest BCUT2D eigenvalue weighted by atomic mass is 10.1. The maximum atomic E-state index is 12.5. The van der Waals surface area contributed by atoms with Crippen molar-refractivity contribution >= 4 is 11.8 Å². The van der Waals surface area contributed by atoms with Crippen molar-refractivity contribution in [1.82, 2.24) is 20.5 Å². The maximum Gasteiger partial charge on any atom is 0.237 e.